The summed E-state index contributed by atoms with van der Waals surface area (Å²) < 4.78 is 5.35. The van der Waals surface area contributed by atoms with Gasteiger partial charge in [-0.15, -0.1) is 0 Å². The molecule has 0 aliphatic carbocycles. The number of nitrogens with zero attached hydrogens (tertiary/aromatic N) is 1. The minimum Gasteiger partial charge on any atom is -0.367 e. The summed E-state index contributed by atoms with van der Waals surface area (Å²) in [6, 6.07) is 16.5. The first kappa shape index (κ1) is 20.0. The van der Waals surface area contributed by atoms with Crippen LogP contribution in [0.4, 0.5) is 11.4 Å². The molecule has 6 heteroatoms. The number of hydrogen-bond acceptors (Lipinski definition) is 4. The van der Waals surface area contributed by atoms with Crippen LogP contribution in [0, 0.1) is 0 Å². The normalized spacial score (nSPS) is 15.6. The molecular weight excluding hydrogens is 354 g/mol. The molecule has 0 saturated carbocycles. The zero-order valence-electron chi connectivity index (χ0n) is 16.2. The van der Waals surface area contributed by atoms with E-state index in [1.54, 1.807) is 24.3 Å². The molecule has 3 rings (SSSR count). The maximum atomic E-state index is 12.5. The van der Waals surface area contributed by atoms with E-state index in [0.717, 1.165) is 31.5 Å². The molecule has 2 N–H and O–H groups in total. The third-order valence-corrected chi connectivity index (χ3v) is 4.83. The highest BCUT2D eigenvalue weighted by Crippen LogP contribution is 2.20. The number of carbonyl (C=O) groups excluding carboxylic acids is 2. The monoisotopic (exact) mass is 381 g/mol. The maximum Gasteiger partial charge on any atom is 0.258 e. The third-order valence-electron chi connectivity index (χ3n) is 4.83. The largest absolute Gasteiger partial charge is 0.367 e. The van der Waals surface area contributed by atoms with E-state index in [2.05, 4.69) is 15.5 Å². The van der Waals surface area contributed by atoms with Crippen LogP contribution in [-0.2, 0) is 14.3 Å². The Kier molecular flexibility index (Phi) is 7.17. The molecule has 0 spiro atoms. The second kappa shape index (κ2) is 10.0. The van der Waals surface area contributed by atoms with Crippen LogP contribution in [0.3, 0.4) is 0 Å². The van der Waals surface area contributed by atoms with Crippen LogP contribution >= 0.6 is 0 Å². The van der Waals surface area contributed by atoms with Gasteiger partial charge in [-0.25, -0.2) is 0 Å². The van der Waals surface area contributed by atoms with E-state index in [1.807, 2.05) is 30.3 Å². The summed E-state index contributed by atoms with van der Waals surface area (Å²) in [5.74, 6) is -0.252. The molecule has 6 nitrogen and oxygen atoms in total. The minimum atomic E-state index is -0.676. The van der Waals surface area contributed by atoms with Crippen molar-refractivity contribution >= 4 is 23.2 Å². The van der Waals surface area contributed by atoms with Gasteiger partial charge in [0.05, 0.1) is 6.54 Å². The van der Waals surface area contributed by atoms with Crippen molar-refractivity contribution in [2.75, 3.05) is 37.4 Å². The highest BCUT2D eigenvalue weighted by molar-refractivity contribution is 5.96. The molecule has 1 fully saturated rings. The number of amides is 2. The number of benzene rings is 2. The molecule has 1 aliphatic rings. The minimum absolute atomic E-state index is 0.0118. The Labute approximate surface area is 165 Å². The number of hydrogen-bond donors (Lipinski definition) is 2. The molecule has 0 radical (unpaired) electrons. The molecule has 2 aromatic rings. The molecule has 1 unspecified atom stereocenters. The van der Waals surface area contributed by atoms with Gasteiger partial charge in [-0.2, -0.15) is 0 Å². The average Bonchev–Trinajstić information content (AvgIpc) is 2.71. The number of likely N-dealkylation sites (tertiary alicyclic amines) is 1. The molecule has 0 bridgehead atoms. The van der Waals surface area contributed by atoms with Gasteiger partial charge in [0, 0.05) is 18.5 Å². The van der Waals surface area contributed by atoms with Crippen molar-refractivity contribution in [2.45, 2.75) is 25.4 Å². The van der Waals surface area contributed by atoms with Gasteiger partial charge >= 0.3 is 0 Å². The lowest BCUT2D eigenvalue weighted by Gasteiger charge is -2.25. The Morgan fingerprint density at radius 1 is 0.929 bits per heavy atom. The molecule has 1 heterocycles. The average molecular weight is 381 g/mol. The van der Waals surface area contributed by atoms with E-state index in [-0.39, 0.29) is 11.8 Å². The lowest BCUT2D eigenvalue weighted by Crippen LogP contribution is -2.36. The van der Waals surface area contributed by atoms with Gasteiger partial charge in [-0.1, -0.05) is 36.8 Å². The van der Waals surface area contributed by atoms with Crippen LogP contribution < -0.4 is 10.6 Å². The lowest BCUT2D eigenvalue weighted by atomic mass is 10.1. The Morgan fingerprint density at radius 3 is 2.14 bits per heavy atom. The van der Waals surface area contributed by atoms with Gasteiger partial charge in [-0.3, -0.25) is 14.5 Å². The fraction of sp³-hybridized carbons (Fsp3) is 0.364. The molecule has 1 aliphatic heterocycles. The smallest absolute Gasteiger partial charge is 0.258 e. The summed E-state index contributed by atoms with van der Waals surface area (Å²) in [5.41, 5.74) is 2.16. The Hall–Kier alpha value is -2.70. The van der Waals surface area contributed by atoms with Crippen LogP contribution in [0.25, 0.3) is 0 Å². The lowest BCUT2D eigenvalue weighted by molar-refractivity contribution is -0.126. The quantitative estimate of drug-likeness (QED) is 0.771. The van der Waals surface area contributed by atoms with Crippen molar-refractivity contribution in [2.24, 2.45) is 0 Å². The van der Waals surface area contributed by atoms with Crippen molar-refractivity contribution in [1.29, 1.82) is 0 Å². The van der Waals surface area contributed by atoms with Crippen molar-refractivity contribution in [3.05, 3.63) is 60.2 Å². The first-order valence-corrected chi connectivity index (χ1v) is 9.66. The van der Waals surface area contributed by atoms with Crippen molar-refractivity contribution < 1.29 is 14.3 Å². The van der Waals surface area contributed by atoms with Crippen molar-refractivity contribution in [3.63, 3.8) is 0 Å². The van der Waals surface area contributed by atoms with E-state index in [9.17, 15) is 9.59 Å². The van der Waals surface area contributed by atoms with E-state index >= 15 is 0 Å². The molecule has 0 aromatic heterocycles. The summed E-state index contributed by atoms with van der Waals surface area (Å²) in [6.45, 7) is 2.39. The van der Waals surface area contributed by atoms with Gasteiger partial charge in [0.1, 0.15) is 0 Å². The number of methoxy groups -OCH3 is 1. The number of nitrogens with one attached hydrogen (secondary N) is 2. The van der Waals surface area contributed by atoms with E-state index in [4.69, 9.17) is 4.74 Å². The number of carbonyl (C=O) groups is 2. The van der Waals surface area contributed by atoms with Crippen LogP contribution in [-0.4, -0.2) is 43.5 Å². The zero-order chi connectivity index (χ0) is 19.8. The van der Waals surface area contributed by atoms with Gasteiger partial charge in [0.15, 0.2) is 6.10 Å². The van der Waals surface area contributed by atoms with Gasteiger partial charge < -0.3 is 15.4 Å². The summed E-state index contributed by atoms with van der Waals surface area (Å²) in [4.78, 5) is 26.9. The summed E-state index contributed by atoms with van der Waals surface area (Å²) in [5, 5.41) is 5.76. The second-order valence-electron chi connectivity index (χ2n) is 6.98. The molecule has 2 aromatic carbocycles. The second-order valence-corrected chi connectivity index (χ2v) is 6.98. The topological polar surface area (TPSA) is 70.7 Å². The Bertz CT molecular complexity index is 771. The van der Waals surface area contributed by atoms with Crippen LogP contribution in [0.15, 0.2) is 54.6 Å². The van der Waals surface area contributed by atoms with Crippen molar-refractivity contribution in [3.8, 4) is 0 Å². The first-order chi connectivity index (χ1) is 13.7. The third kappa shape index (κ3) is 5.65. The van der Waals surface area contributed by atoms with E-state index < -0.39 is 6.10 Å². The molecule has 2 amide bonds. The number of piperidine rings is 1. The number of rotatable bonds is 7. The molecule has 1 saturated heterocycles. The molecule has 1 atom stereocenters. The summed E-state index contributed by atoms with van der Waals surface area (Å²) in [7, 11) is 1.51. The zero-order valence-corrected chi connectivity index (χ0v) is 16.2. The highest BCUT2D eigenvalue weighted by Gasteiger charge is 2.20. The van der Waals surface area contributed by atoms with Gasteiger partial charge in [-0.05, 0) is 55.8 Å². The molecular formula is C22H27N3O3. The number of ether oxygens (including phenoxy) is 1. The first-order valence-electron chi connectivity index (χ1n) is 9.66. The standard InChI is InChI=1S/C22H27N3O3/c1-28-21(17-8-4-2-5-9-17)22(27)24-19-12-10-18(11-13-19)23-20(26)16-25-14-6-3-7-15-25/h2,4-5,8-13,21H,3,6-7,14-16H2,1H3,(H,23,26)(H,24,27). The van der Waals surface area contributed by atoms with Crippen LogP contribution in [0.2, 0.25) is 0 Å². The maximum absolute atomic E-state index is 12.5. The Balaban J connectivity index is 1.53. The van der Waals surface area contributed by atoms with Crippen LogP contribution in [0.1, 0.15) is 30.9 Å². The summed E-state index contributed by atoms with van der Waals surface area (Å²) in [6.07, 6.45) is 2.89. The predicted molar refractivity (Wildman–Crippen MR) is 110 cm³/mol. The van der Waals surface area contributed by atoms with Crippen LogP contribution in [0.5, 0.6) is 0 Å². The number of anilines is 2. The summed E-state index contributed by atoms with van der Waals surface area (Å²) >= 11 is 0. The predicted octanol–water partition coefficient (Wildman–Crippen LogP) is 3.44. The fourth-order valence-corrected chi connectivity index (χ4v) is 3.39. The highest BCUT2D eigenvalue weighted by atomic mass is 16.5. The van der Waals surface area contributed by atoms with Crippen molar-refractivity contribution in [1.82, 2.24) is 4.90 Å². The molecule has 28 heavy (non-hydrogen) atoms. The van der Waals surface area contributed by atoms with Gasteiger partial charge in [0.25, 0.3) is 5.91 Å². The SMILES string of the molecule is COC(C(=O)Nc1ccc(NC(=O)CN2CCCCC2)cc1)c1ccccc1. The van der Waals surface area contributed by atoms with Gasteiger partial charge in [0.2, 0.25) is 5.91 Å². The fourth-order valence-electron chi connectivity index (χ4n) is 3.39. The van der Waals surface area contributed by atoms with E-state index in [0.29, 0.717) is 17.9 Å². The molecule has 148 valence electrons. The van der Waals surface area contributed by atoms with E-state index in [1.165, 1.54) is 13.5 Å². The Morgan fingerprint density at radius 2 is 1.54 bits per heavy atom.